The number of carbonyl (C=O) groups is 5. The third-order valence-corrected chi connectivity index (χ3v) is 12.7. The van der Waals surface area contributed by atoms with Gasteiger partial charge in [0, 0.05) is 73.9 Å². The van der Waals surface area contributed by atoms with Gasteiger partial charge in [-0.05, 0) is 97.2 Å². The van der Waals surface area contributed by atoms with Gasteiger partial charge in [0.1, 0.15) is 29.9 Å². The molecule has 2 fully saturated rings. The number of phenols is 1. The van der Waals surface area contributed by atoms with Crippen LogP contribution in [0.4, 0.5) is 0 Å². The third kappa shape index (κ3) is 9.38. The molecule has 0 spiro atoms. The summed E-state index contributed by atoms with van der Waals surface area (Å²) in [7, 11) is 1.57. The number of aryl methyl sites for hydroxylation is 1. The van der Waals surface area contributed by atoms with Crippen LogP contribution in [0.3, 0.4) is 0 Å². The number of esters is 1. The van der Waals surface area contributed by atoms with E-state index in [2.05, 4.69) is 45.9 Å². The summed E-state index contributed by atoms with van der Waals surface area (Å²) in [6.07, 6.45) is 6.36. The standard InChI is InChI=1S/C49H58N8O7/c1-8-42(59)55-16-14-33(27-55)46(61)54(7)43(29(3)4)45(60)52-40-20-30-17-34(21-36(58)19-30)32-12-13-41-37(22-32)38(44(56(41)9-2)35-18-31(24-50)25-51-26-35)23-49(5,6)28-64-48(63)39-11-10-15-57(53-39)47(40)62/h8,12-13,17-19,21-22,25-26,29,33,39-40,43,53,58H,1,9-11,14-16,20,23,27-28H2,2-7H3,(H,52,60)/t33-,39-,40-,43-/m0/s1. The van der Waals surface area contributed by atoms with Crippen LogP contribution in [-0.4, -0.2) is 110 Å². The molecule has 3 N–H and O–H groups in total. The van der Waals surface area contributed by atoms with E-state index in [1.54, 1.807) is 30.3 Å². The van der Waals surface area contributed by atoms with Gasteiger partial charge in [0.15, 0.2) is 0 Å². The molecule has 7 rings (SSSR count). The number of carbonyl (C=O) groups excluding carboxylic acids is 5. The normalized spacial score (nSPS) is 20.6. The van der Waals surface area contributed by atoms with Crippen molar-refractivity contribution in [2.45, 2.75) is 91.4 Å². The van der Waals surface area contributed by atoms with Crippen LogP contribution < -0.4 is 10.7 Å². The number of pyridine rings is 1. The highest BCUT2D eigenvalue weighted by molar-refractivity contribution is 5.96. The minimum Gasteiger partial charge on any atom is -0.508 e. The molecule has 0 saturated carbocycles. The van der Waals surface area contributed by atoms with E-state index in [1.165, 1.54) is 22.2 Å². The Kier molecular flexibility index (Phi) is 13.3. The molecule has 0 aliphatic carbocycles. The minimum atomic E-state index is -1.17. The lowest BCUT2D eigenvalue weighted by molar-refractivity contribution is -0.155. The Morgan fingerprint density at radius 3 is 2.59 bits per heavy atom. The van der Waals surface area contributed by atoms with Crippen molar-refractivity contribution >= 4 is 40.5 Å². The number of hydrogen-bond donors (Lipinski definition) is 3. The monoisotopic (exact) mass is 870 g/mol. The summed E-state index contributed by atoms with van der Waals surface area (Å²) in [6, 6.07) is 12.3. The fourth-order valence-corrected chi connectivity index (χ4v) is 9.56. The lowest BCUT2D eigenvalue weighted by Gasteiger charge is -2.37. The Hall–Kier alpha value is -6.53. The quantitative estimate of drug-likeness (QED) is 0.158. The maximum absolute atomic E-state index is 14.7. The van der Waals surface area contributed by atoms with E-state index in [-0.39, 0.29) is 49.6 Å². The average Bonchev–Trinajstić information content (AvgIpc) is 3.89. The molecule has 0 unspecified atom stereocenters. The molecule has 5 heterocycles. The van der Waals surface area contributed by atoms with E-state index in [0.717, 1.165) is 33.3 Å². The molecule has 2 aromatic heterocycles. The van der Waals surface area contributed by atoms with Crippen molar-refractivity contribution in [2.24, 2.45) is 17.3 Å². The Balaban J connectivity index is 1.30. The van der Waals surface area contributed by atoms with E-state index >= 15 is 0 Å². The molecule has 2 saturated heterocycles. The van der Waals surface area contributed by atoms with Crippen LogP contribution in [0.15, 0.2) is 67.5 Å². The number of nitrogens with zero attached hydrogens (tertiary/aromatic N) is 6. The molecule has 15 heteroatoms. The van der Waals surface area contributed by atoms with Gasteiger partial charge >= 0.3 is 5.97 Å². The highest BCUT2D eigenvalue weighted by Crippen LogP contribution is 2.40. The smallest absolute Gasteiger partial charge is 0.324 e. The number of nitrogens with one attached hydrogen (secondary N) is 2. The summed E-state index contributed by atoms with van der Waals surface area (Å²) in [5.74, 6) is -2.95. The van der Waals surface area contributed by atoms with Crippen molar-refractivity contribution in [3.63, 3.8) is 0 Å². The maximum Gasteiger partial charge on any atom is 0.324 e. The second-order valence-electron chi connectivity index (χ2n) is 18.4. The molecule has 15 nitrogen and oxygen atoms in total. The summed E-state index contributed by atoms with van der Waals surface area (Å²) < 4.78 is 8.24. The third-order valence-electron chi connectivity index (χ3n) is 12.7. The highest BCUT2D eigenvalue weighted by Gasteiger charge is 2.40. The molecular formula is C49H58N8O7. The number of aromatic hydroxyl groups is 1. The SMILES string of the molecule is C=CC(=O)N1CC[C@H](C(=O)N(C)[C@H](C(=O)N[C@H]2Cc3cc(O)cc(c3)-c3ccc4c(c3)c(c(-c3cncc(C#N)c3)n4CC)CC(C)(C)COC(=O)[C@@H]3CCCN(N3)C2=O)C(C)C)C1. The molecule has 2 aromatic carbocycles. The number of benzene rings is 2. The summed E-state index contributed by atoms with van der Waals surface area (Å²) in [6.45, 7) is 14.9. The summed E-state index contributed by atoms with van der Waals surface area (Å²) in [5.41, 5.74) is 8.66. The number of fused-ring (bicyclic) bond motifs is 6. The Morgan fingerprint density at radius 2 is 1.88 bits per heavy atom. The first-order chi connectivity index (χ1) is 30.5. The summed E-state index contributed by atoms with van der Waals surface area (Å²) in [5, 5.41) is 26.3. The Bertz CT molecular complexity index is 2540. The molecule has 4 aromatic rings. The molecule has 0 radical (unpaired) electrons. The zero-order valence-corrected chi connectivity index (χ0v) is 37.5. The second-order valence-corrected chi connectivity index (χ2v) is 18.4. The van der Waals surface area contributed by atoms with Crippen molar-refractivity contribution in [2.75, 3.05) is 33.3 Å². The van der Waals surface area contributed by atoms with Gasteiger partial charge in [0.2, 0.25) is 17.7 Å². The van der Waals surface area contributed by atoms with Crippen LogP contribution in [0, 0.1) is 28.6 Å². The van der Waals surface area contributed by atoms with E-state index in [1.807, 2.05) is 52.0 Å². The molecule has 6 bridgehead atoms. The molecular weight excluding hydrogens is 813 g/mol. The number of likely N-dealkylation sites (N-methyl/N-ethyl adjacent to an activating group) is 1. The van der Waals surface area contributed by atoms with Crippen LogP contribution in [0.1, 0.15) is 70.6 Å². The highest BCUT2D eigenvalue weighted by atomic mass is 16.5. The molecule has 3 aliphatic heterocycles. The molecule has 3 aliphatic rings. The number of likely N-dealkylation sites (tertiary alicyclic amines) is 1. The van der Waals surface area contributed by atoms with Crippen LogP contribution >= 0.6 is 0 Å². The first kappa shape index (κ1) is 45.5. The molecule has 336 valence electrons. The van der Waals surface area contributed by atoms with Crippen molar-refractivity contribution < 1.29 is 33.8 Å². The largest absolute Gasteiger partial charge is 0.508 e. The number of cyclic esters (lactones) is 1. The number of phenolic OH excluding ortho intramolecular Hbond substituents is 1. The number of rotatable bonds is 8. The predicted molar refractivity (Wildman–Crippen MR) is 241 cm³/mol. The van der Waals surface area contributed by atoms with Gasteiger partial charge in [-0.25, -0.2) is 5.43 Å². The van der Waals surface area contributed by atoms with Gasteiger partial charge in [-0.15, -0.1) is 0 Å². The fourth-order valence-electron chi connectivity index (χ4n) is 9.56. The van der Waals surface area contributed by atoms with E-state index in [9.17, 15) is 34.3 Å². The number of ether oxygens (including phenoxy) is 1. The lowest BCUT2D eigenvalue weighted by Crippen LogP contribution is -2.62. The molecule has 64 heavy (non-hydrogen) atoms. The van der Waals surface area contributed by atoms with Crippen LogP contribution in [-0.2, 0) is 48.1 Å². The van der Waals surface area contributed by atoms with Gasteiger partial charge in [-0.3, -0.25) is 34.0 Å². The average molecular weight is 871 g/mol. The first-order valence-corrected chi connectivity index (χ1v) is 22.1. The predicted octanol–water partition coefficient (Wildman–Crippen LogP) is 5.13. The van der Waals surface area contributed by atoms with Crippen LogP contribution in [0.2, 0.25) is 0 Å². The Labute approximate surface area is 374 Å². The van der Waals surface area contributed by atoms with Crippen molar-refractivity contribution in [3.8, 4) is 34.2 Å². The van der Waals surface area contributed by atoms with Gasteiger partial charge in [-0.1, -0.05) is 46.4 Å². The summed E-state index contributed by atoms with van der Waals surface area (Å²) >= 11 is 0. The van der Waals surface area contributed by atoms with Crippen molar-refractivity contribution in [3.05, 3.63) is 84.2 Å². The first-order valence-electron chi connectivity index (χ1n) is 22.1. The second kappa shape index (κ2) is 18.7. The van der Waals surface area contributed by atoms with Gasteiger partial charge in [0.25, 0.3) is 5.91 Å². The van der Waals surface area contributed by atoms with Gasteiger partial charge in [-0.2, -0.15) is 5.26 Å². The van der Waals surface area contributed by atoms with E-state index in [0.29, 0.717) is 55.5 Å². The Morgan fingerprint density at radius 1 is 1.09 bits per heavy atom. The lowest BCUT2D eigenvalue weighted by atomic mass is 9.84. The number of nitriles is 1. The van der Waals surface area contributed by atoms with Gasteiger partial charge in [0.05, 0.1) is 23.8 Å². The van der Waals surface area contributed by atoms with Crippen molar-refractivity contribution in [1.82, 2.24) is 35.1 Å². The number of amides is 4. The maximum atomic E-state index is 14.7. The number of aromatic nitrogens is 2. The molecule has 4 atom stereocenters. The number of hydrogen-bond acceptors (Lipinski definition) is 10. The number of hydrazine groups is 1. The topological polar surface area (TPSA) is 190 Å². The zero-order valence-electron chi connectivity index (χ0n) is 37.5. The van der Waals surface area contributed by atoms with Crippen molar-refractivity contribution in [1.29, 1.82) is 5.26 Å². The molecule has 4 amide bonds. The van der Waals surface area contributed by atoms with Gasteiger partial charge < -0.3 is 29.5 Å². The van der Waals surface area contributed by atoms with Crippen LogP contribution in [0.5, 0.6) is 5.75 Å². The van der Waals surface area contributed by atoms with Crippen LogP contribution in [0.25, 0.3) is 33.3 Å². The summed E-state index contributed by atoms with van der Waals surface area (Å²) in [4.78, 5) is 76.5. The van der Waals surface area contributed by atoms with E-state index < -0.39 is 47.2 Å². The minimum absolute atomic E-state index is 0.0245. The zero-order chi connectivity index (χ0) is 46.0. The van der Waals surface area contributed by atoms with E-state index in [4.69, 9.17) is 4.74 Å². The fraction of sp³-hybridized carbons (Fsp3) is 0.449.